The van der Waals surface area contributed by atoms with Crippen molar-refractivity contribution in [3.8, 4) is 0 Å². The molecule has 0 aliphatic carbocycles. The van der Waals surface area contributed by atoms with Crippen molar-refractivity contribution >= 4 is 0 Å². The number of hydrogen-bond acceptors (Lipinski definition) is 4. The van der Waals surface area contributed by atoms with Gasteiger partial charge in [-0.1, -0.05) is 0 Å². The van der Waals surface area contributed by atoms with Gasteiger partial charge in [0.25, 0.3) is 0 Å². The number of nitrogens with zero attached hydrogens (tertiary/aromatic N) is 3. The number of hydrogen-bond donors (Lipinski definition) is 1. The second-order valence-corrected chi connectivity index (χ2v) is 3.17. The molecule has 8 heteroatoms. The highest BCUT2D eigenvalue weighted by Gasteiger charge is 2.31. The minimum atomic E-state index is -4.30. The molecule has 0 aliphatic heterocycles. The maximum absolute atomic E-state index is 12.2. The Morgan fingerprint density at radius 3 is 2.44 bits per heavy atom. The van der Waals surface area contributed by atoms with Gasteiger partial charge in [0.1, 0.15) is 18.1 Å². The van der Waals surface area contributed by atoms with Crippen LogP contribution >= 0.6 is 0 Å². The molecule has 5 nitrogen and oxygen atoms in total. The summed E-state index contributed by atoms with van der Waals surface area (Å²) in [6.45, 7) is 0.603. The fourth-order valence-corrected chi connectivity index (χ4v) is 1.27. The molecule has 1 rings (SSSR count). The Hall–Kier alpha value is -1.15. The number of halogens is 3. The maximum atomic E-state index is 12.2. The van der Waals surface area contributed by atoms with Crippen LogP contribution in [-0.2, 0) is 24.2 Å². The van der Waals surface area contributed by atoms with Gasteiger partial charge < -0.3 is 15.0 Å². The van der Waals surface area contributed by atoms with Crippen molar-refractivity contribution < 1.29 is 17.9 Å². The van der Waals surface area contributed by atoms with E-state index in [9.17, 15) is 13.2 Å². The number of ether oxygens (including phenoxy) is 1. The van der Waals surface area contributed by atoms with Crippen LogP contribution in [0.2, 0.25) is 0 Å². The van der Waals surface area contributed by atoms with Crippen LogP contribution in [0, 0.1) is 0 Å². The highest BCUT2D eigenvalue weighted by molar-refractivity contribution is 4.97. The van der Waals surface area contributed by atoms with Gasteiger partial charge in [-0.25, -0.2) is 0 Å². The first-order chi connectivity index (χ1) is 7.48. The smallest absolute Gasteiger partial charge is 0.383 e. The summed E-state index contributed by atoms with van der Waals surface area (Å²) < 4.78 is 42.8. The summed E-state index contributed by atoms with van der Waals surface area (Å²) in [5, 5.41) is 7.09. The molecule has 0 aromatic carbocycles. The van der Waals surface area contributed by atoms with Crippen molar-refractivity contribution in [2.45, 2.75) is 25.7 Å². The quantitative estimate of drug-likeness (QED) is 0.810. The number of methoxy groups -OCH3 is 1. The van der Waals surface area contributed by atoms with Gasteiger partial charge in [0.2, 0.25) is 0 Å². The number of alkyl halides is 3. The summed E-state index contributed by atoms with van der Waals surface area (Å²) in [6.07, 6.45) is -5.41. The van der Waals surface area contributed by atoms with Crippen molar-refractivity contribution in [3.63, 3.8) is 0 Å². The molecule has 0 unspecified atom stereocenters. The summed E-state index contributed by atoms with van der Waals surface area (Å²) in [4.78, 5) is 0. The SMILES string of the molecule is COCCn1c(CN)nnc1CC(F)(F)F. The molecule has 0 atom stereocenters. The van der Waals surface area contributed by atoms with Crippen molar-refractivity contribution in [2.75, 3.05) is 13.7 Å². The Kier molecular flexibility index (Phi) is 4.25. The lowest BCUT2D eigenvalue weighted by Crippen LogP contribution is -2.19. The van der Waals surface area contributed by atoms with Crippen molar-refractivity contribution in [1.29, 1.82) is 0 Å². The summed E-state index contributed by atoms with van der Waals surface area (Å²) in [5.41, 5.74) is 5.35. The topological polar surface area (TPSA) is 66.0 Å². The Labute approximate surface area is 90.4 Å². The predicted octanol–water partition coefficient (Wildman–Crippen LogP) is 0.488. The Bertz CT molecular complexity index is 337. The first-order valence-corrected chi connectivity index (χ1v) is 4.64. The monoisotopic (exact) mass is 238 g/mol. The minimum Gasteiger partial charge on any atom is -0.383 e. The molecule has 0 saturated heterocycles. The molecule has 0 fully saturated rings. The molecule has 0 saturated carbocycles. The molecule has 2 N–H and O–H groups in total. The molecular formula is C8H13F3N4O. The molecule has 0 bridgehead atoms. The van der Waals surface area contributed by atoms with Gasteiger partial charge in [-0.15, -0.1) is 10.2 Å². The Balaban J connectivity index is 2.86. The van der Waals surface area contributed by atoms with E-state index in [0.717, 1.165) is 0 Å². The zero-order valence-corrected chi connectivity index (χ0v) is 8.79. The molecule has 1 heterocycles. The number of nitrogens with two attached hydrogens (primary N) is 1. The average molecular weight is 238 g/mol. The van der Waals surface area contributed by atoms with Crippen LogP contribution in [0.4, 0.5) is 13.2 Å². The van der Waals surface area contributed by atoms with Crippen LogP contribution in [0.15, 0.2) is 0 Å². The van der Waals surface area contributed by atoms with E-state index in [2.05, 4.69) is 10.2 Å². The predicted molar refractivity (Wildman–Crippen MR) is 49.5 cm³/mol. The average Bonchev–Trinajstić information content (AvgIpc) is 2.55. The molecule has 1 aromatic heterocycles. The maximum Gasteiger partial charge on any atom is 0.396 e. The molecule has 16 heavy (non-hydrogen) atoms. The zero-order valence-electron chi connectivity index (χ0n) is 8.79. The number of rotatable bonds is 5. The Morgan fingerprint density at radius 2 is 1.94 bits per heavy atom. The first kappa shape index (κ1) is 12.9. The van der Waals surface area contributed by atoms with Gasteiger partial charge in [0.05, 0.1) is 13.2 Å². The van der Waals surface area contributed by atoms with E-state index in [-0.39, 0.29) is 25.5 Å². The van der Waals surface area contributed by atoms with Crippen molar-refractivity contribution in [1.82, 2.24) is 14.8 Å². The van der Waals surface area contributed by atoms with Crippen LogP contribution in [0.3, 0.4) is 0 Å². The standard InChI is InChI=1S/C8H13F3N4O/c1-16-3-2-15-6(4-8(9,10)11)13-14-7(15)5-12/h2-5,12H2,1H3. The van der Waals surface area contributed by atoms with Gasteiger partial charge in [0.15, 0.2) is 0 Å². The van der Waals surface area contributed by atoms with Crippen molar-refractivity contribution in [3.05, 3.63) is 11.6 Å². The van der Waals surface area contributed by atoms with Crippen LogP contribution in [0.1, 0.15) is 11.6 Å². The van der Waals surface area contributed by atoms with E-state index in [1.54, 1.807) is 0 Å². The van der Waals surface area contributed by atoms with E-state index in [4.69, 9.17) is 10.5 Å². The summed E-state index contributed by atoms with van der Waals surface area (Å²) in [7, 11) is 1.47. The van der Waals surface area contributed by atoms with Crippen LogP contribution in [0.25, 0.3) is 0 Å². The van der Waals surface area contributed by atoms with Crippen LogP contribution in [-0.4, -0.2) is 34.7 Å². The lowest BCUT2D eigenvalue weighted by Gasteiger charge is -2.10. The third kappa shape index (κ3) is 3.46. The van der Waals surface area contributed by atoms with Gasteiger partial charge in [0, 0.05) is 13.7 Å². The molecule has 1 aromatic rings. The van der Waals surface area contributed by atoms with E-state index < -0.39 is 12.6 Å². The summed E-state index contributed by atoms with van der Waals surface area (Å²) in [6, 6.07) is 0. The second kappa shape index (κ2) is 5.26. The third-order valence-electron chi connectivity index (χ3n) is 1.96. The lowest BCUT2D eigenvalue weighted by atomic mass is 10.4. The summed E-state index contributed by atoms with van der Waals surface area (Å²) >= 11 is 0. The normalized spacial score (nSPS) is 12.1. The van der Waals surface area contributed by atoms with Gasteiger partial charge >= 0.3 is 6.18 Å². The van der Waals surface area contributed by atoms with E-state index >= 15 is 0 Å². The van der Waals surface area contributed by atoms with Gasteiger partial charge in [-0.3, -0.25) is 0 Å². The van der Waals surface area contributed by atoms with Gasteiger partial charge in [-0.2, -0.15) is 13.2 Å². The minimum absolute atomic E-state index is 0.0502. The molecule has 0 aliphatic rings. The fraction of sp³-hybridized carbons (Fsp3) is 0.750. The number of aromatic nitrogens is 3. The molecule has 0 spiro atoms. The highest BCUT2D eigenvalue weighted by Crippen LogP contribution is 2.20. The fourth-order valence-electron chi connectivity index (χ4n) is 1.27. The summed E-state index contributed by atoms with van der Waals surface area (Å²) in [5.74, 6) is 0.196. The third-order valence-corrected chi connectivity index (χ3v) is 1.96. The van der Waals surface area contributed by atoms with E-state index in [1.807, 2.05) is 0 Å². The molecule has 92 valence electrons. The second-order valence-electron chi connectivity index (χ2n) is 3.17. The molecule has 0 radical (unpaired) electrons. The van der Waals surface area contributed by atoms with Crippen LogP contribution < -0.4 is 5.73 Å². The first-order valence-electron chi connectivity index (χ1n) is 4.64. The van der Waals surface area contributed by atoms with E-state index in [0.29, 0.717) is 5.82 Å². The highest BCUT2D eigenvalue weighted by atomic mass is 19.4. The van der Waals surface area contributed by atoms with E-state index in [1.165, 1.54) is 11.7 Å². The Morgan fingerprint density at radius 1 is 1.31 bits per heavy atom. The van der Waals surface area contributed by atoms with Gasteiger partial charge in [-0.05, 0) is 0 Å². The van der Waals surface area contributed by atoms with Crippen molar-refractivity contribution in [2.24, 2.45) is 5.73 Å². The molecule has 0 amide bonds. The zero-order chi connectivity index (χ0) is 12.2. The largest absolute Gasteiger partial charge is 0.396 e. The van der Waals surface area contributed by atoms with Crippen LogP contribution in [0.5, 0.6) is 0 Å². The lowest BCUT2D eigenvalue weighted by molar-refractivity contribution is -0.129. The molecular weight excluding hydrogens is 225 g/mol.